The van der Waals surface area contributed by atoms with Crippen molar-refractivity contribution in [2.45, 2.75) is 13.3 Å². The third-order valence-corrected chi connectivity index (χ3v) is 4.06. The van der Waals surface area contributed by atoms with E-state index in [1.54, 1.807) is 24.3 Å². The van der Waals surface area contributed by atoms with Gasteiger partial charge in [-0.1, -0.05) is 41.9 Å². The molecule has 0 aliphatic rings. The minimum atomic E-state index is -0.328. The Balaban J connectivity index is 1.73. The lowest BCUT2D eigenvalue weighted by Crippen LogP contribution is -2.26. The van der Waals surface area contributed by atoms with Gasteiger partial charge in [0.2, 0.25) is 0 Å². The molecule has 0 aliphatic carbocycles. The van der Waals surface area contributed by atoms with Gasteiger partial charge < -0.3 is 9.73 Å². The number of hydrogen-bond acceptors (Lipinski definition) is 2. The zero-order valence-corrected chi connectivity index (χ0v) is 13.3. The maximum absolute atomic E-state index is 13.5. The summed E-state index contributed by atoms with van der Waals surface area (Å²) in [5.74, 6) is -0.360. The zero-order valence-electron chi connectivity index (χ0n) is 12.5. The zero-order chi connectivity index (χ0) is 16.4. The highest BCUT2D eigenvalue weighted by Gasteiger charge is 2.18. The van der Waals surface area contributed by atoms with Gasteiger partial charge in [0.05, 0.1) is 5.02 Å². The van der Waals surface area contributed by atoms with Crippen molar-refractivity contribution < 1.29 is 13.6 Å². The number of carbonyl (C=O) groups excluding carboxylic acids is 1. The van der Waals surface area contributed by atoms with Gasteiger partial charge in [0.15, 0.2) is 11.3 Å². The van der Waals surface area contributed by atoms with Crippen molar-refractivity contribution >= 4 is 28.5 Å². The highest BCUT2D eigenvalue weighted by atomic mass is 35.5. The molecule has 0 aliphatic heterocycles. The molecule has 1 amide bonds. The van der Waals surface area contributed by atoms with Crippen LogP contribution in [0.4, 0.5) is 4.39 Å². The molecule has 3 aromatic rings. The predicted octanol–water partition coefficient (Wildman–Crippen LogP) is 4.51. The molecule has 5 heteroatoms. The lowest BCUT2D eigenvalue weighted by Gasteiger charge is -2.05. The van der Waals surface area contributed by atoms with E-state index in [1.165, 1.54) is 6.07 Å². The lowest BCUT2D eigenvalue weighted by molar-refractivity contribution is 0.0927. The van der Waals surface area contributed by atoms with E-state index in [0.29, 0.717) is 29.1 Å². The third kappa shape index (κ3) is 3.08. The molecule has 0 radical (unpaired) electrons. The van der Waals surface area contributed by atoms with Crippen LogP contribution in [0.3, 0.4) is 0 Å². The number of amides is 1. The average Bonchev–Trinajstić information content (AvgIpc) is 2.88. The molecule has 23 heavy (non-hydrogen) atoms. The van der Waals surface area contributed by atoms with Gasteiger partial charge in [0, 0.05) is 17.5 Å². The first-order valence-corrected chi connectivity index (χ1v) is 7.65. The molecule has 0 saturated heterocycles. The first-order chi connectivity index (χ1) is 11.1. The first kappa shape index (κ1) is 15.6. The number of carbonyl (C=O) groups is 1. The van der Waals surface area contributed by atoms with Crippen LogP contribution in [0.1, 0.15) is 21.7 Å². The highest BCUT2D eigenvalue weighted by molar-refractivity contribution is 6.35. The molecule has 0 atom stereocenters. The standard InChI is InChI=1S/C18H15ClFNO2/c1-11-13-6-4-7-14(19)17(13)23-16(11)18(22)21-10-9-12-5-2-3-8-15(12)20/h2-8H,9-10H2,1H3,(H,21,22). The predicted molar refractivity (Wildman–Crippen MR) is 88.4 cm³/mol. The SMILES string of the molecule is Cc1c(C(=O)NCCc2ccccc2F)oc2c(Cl)cccc12. The first-order valence-electron chi connectivity index (χ1n) is 7.27. The van der Waals surface area contributed by atoms with Crippen LogP contribution in [-0.2, 0) is 6.42 Å². The Morgan fingerprint density at radius 2 is 2.00 bits per heavy atom. The minimum Gasteiger partial charge on any atom is -0.449 e. The smallest absolute Gasteiger partial charge is 0.287 e. The van der Waals surface area contributed by atoms with Crippen molar-refractivity contribution in [2.24, 2.45) is 0 Å². The highest BCUT2D eigenvalue weighted by Crippen LogP contribution is 2.30. The van der Waals surface area contributed by atoms with Crippen molar-refractivity contribution in [1.29, 1.82) is 0 Å². The van der Waals surface area contributed by atoms with E-state index in [2.05, 4.69) is 5.32 Å². The number of benzene rings is 2. The molecule has 0 spiro atoms. The second kappa shape index (κ2) is 6.42. The topological polar surface area (TPSA) is 42.2 Å². The lowest BCUT2D eigenvalue weighted by atomic mass is 10.1. The number of furan rings is 1. The average molecular weight is 332 g/mol. The van der Waals surface area contributed by atoms with E-state index in [-0.39, 0.29) is 17.5 Å². The van der Waals surface area contributed by atoms with E-state index >= 15 is 0 Å². The van der Waals surface area contributed by atoms with E-state index in [9.17, 15) is 9.18 Å². The molecule has 0 fully saturated rings. The Morgan fingerprint density at radius 1 is 1.22 bits per heavy atom. The van der Waals surface area contributed by atoms with Gasteiger partial charge in [0.1, 0.15) is 5.82 Å². The van der Waals surface area contributed by atoms with Gasteiger partial charge in [0.25, 0.3) is 5.91 Å². The molecule has 1 heterocycles. The fraction of sp³-hybridized carbons (Fsp3) is 0.167. The van der Waals surface area contributed by atoms with Crippen LogP contribution >= 0.6 is 11.6 Å². The van der Waals surface area contributed by atoms with E-state index in [0.717, 1.165) is 10.9 Å². The Morgan fingerprint density at radius 3 is 2.74 bits per heavy atom. The number of para-hydroxylation sites is 1. The van der Waals surface area contributed by atoms with Crippen molar-refractivity contribution in [2.75, 3.05) is 6.54 Å². The Bertz CT molecular complexity index is 873. The fourth-order valence-electron chi connectivity index (χ4n) is 2.52. The van der Waals surface area contributed by atoms with Gasteiger partial charge in [-0.25, -0.2) is 4.39 Å². The van der Waals surface area contributed by atoms with Crippen LogP contribution in [0.2, 0.25) is 5.02 Å². The van der Waals surface area contributed by atoms with Crippen LogP contribution in [0.5, 0.6) is 0 Å². The fourth-order valence-corrected chi connectivity index (χ4v) is 2.73. The molecule has 0 bridgehead atoms. The summed E-state index contributed by atoms with van der Waals surface area (Å²) in [6.45, 7) is 2.14. The summed E-state index contributed by atoms with van der Waals surface area (Å²) in [6.07, 6.45) is 0.415. The van der Waals surface area contributed by atoms with Gasteiger partial charge in [-0.2, -0.15) is 0 Å². The van der Waals surface area contributed by atoms with Crippen molar-refractivity contribution in [3.8, 4) is 0 Å². The summed E-state index contributed by atoms with van der Waals surface area (Å²) in [5, 5.41) is 4.04. The number of rotatable bonds is 4. The van der Waals surface area contributed by atoms with E-state index in [1.807, 2.05) is 19.1 Å². The Labute approximate surface area is 138 Å². The van der Waals surface area contributed by atoms with Gasteiger partial charge in [-0.3, -0.25) is 4.79 Å². The van der Waals surface area contributed by atoms with Crippen LogP contribution in [0.15, 0.2) is 46.9 Å². The summed E-state index contributed by atoms with van der Waals surface area (Å²) in [6, 6.07) is 11.9. The van der Waals surface area contributed by atoms with E-state index in [4.69, 9.17) is 16.0 Å². The second-order valence-corrected chi connectivity index (χ2v) is 5.68. The normalized spacial score (nSPS) is 10.9. The number of hydrogen-bond donors (Lipinski definition) is 1. The molecule has 1 N–H and O–H groups in total. The van der Waals surface area contributed by atoms with Gasteiger partial charge in [-0.15, -0.1) is 0 Å². The van der Waals surface area contributed by atoms with E-state index < -0.39 is 0 Å². The van der Waals surface area contributed by atoms with Crippen LogP contribution in [0, 0.1) is 12.7 Å². The summed E-state index contributed by atoms with van der Waals surface area (Å²) in [7, 11) is 0. The quantitative estimate of drug-likeness (QED) is 0.764. The van der Waals surface area contributed by atoms with Crippen molar-refractivity contribution in [3.63, 3.8) is 0 Å². The molecular formula is C18H15ClFNO2. The summed E-state index contributed by atoms with van der Waals surface area (Å²) in [4.78, 5) is 12.3. The Kier molecular flexibility index (Phi) is 4.35. The van der Waals surface area contributed by atoms with Gasteiger partial charge >= 0.3 is 0 Å². The molecular weight excluding hydrogens is 317 g/mol. The maximum Gasteiger partial charge on any atom is 0.287 e. The minimum absolute atomic E-state index is 0.238. The van der Waals surface area contributed by atoms with Crippen LogP contribution in [0.25, 0.3) is 11.0 Å². The number of aryl methyl sites for hydroxylation is 1. The molecule has 118 valence electrons. The molecule has 3 rings (SSSR count). The summed E-state index contributed by atoms with van der Waals surface area (Å²) < 4.78 is 19.1. The molecule has 0 saturated carbocycles. The van der Waals surface area contributed by atoms with Crippen molar-refractivity contribution in [1.82, 2.24) is 5.32 Å². The summed E-state index contributed by atoms with van der Waals surface area (Å²) in [5.41, 5.74) is 1.81. The third-order valence-electron chi connectivity index (χ3n) is 3.76. The van der Waals surface area contributed by atoms with Crippen LogP contribution in [-0.4, -0.2) is 12.5 Å². The number of nitrogens with one attached hydrogen (secondary N) is 1. The number of halogens is 2. The molecule has 2 aromatic carbocycles. The summed E-state index contributed by atoms with van der Waals surface area (Å²) >= 11 is 6.08. The number of fused-ring (bicyclic) bond motifs is 1. The molecule has 0 unspecified atom stereocenters. The Hall–Kier alpha value is -2.33. The second-order valence-electron chi connectivity index (χ2n) is 5.27. The largest absolute Gasteiger partial charge is 0.449 e. The molecule has 3 nitrogen and oxygen atoms in total. The van der Waals surface area contributed by atoms with Crippen molar-refractivity contribution in [3.05, 3.63) is 70.2 Å². The maximum atomic E-state index is 13.5. The monoisotopic (exact) mass is 331 g/mol. The van der Waals surface area contributed by atoms with Gasteiger partial charge in [-0.05, 0) is 31.0 Å². The molecule has 1 aromatic heterocycles. The van der Waals surface area contributed by atoms with Crippen LogP contribution < -0.4 is 5.32 Å².